The number of rotatable bonds is 5. The first-order valence-electron chi connectivity index (χ1n) is 6.65. The van der Waals surface area contributed by atoms with Gasteiger partial charge in [0.15, 0.2) is 0 Å². The number of Topliss-reactive ketones (excluding diaryl/α,β-unsaturated/α-hetero) is 1. The van der Waals surface area contributed by atoms with E-state index in [4.69, 9.17) is 4.91 Å². The summed E-state index contributed by atoms with van der Waals surface area (Å²) >= 11 is 0. The Kier molecular flexibility index (Phi) is 22.4. The second kappa shape index (κ2) is 17.7. The van der Waals surface area contributed by atoms with Gasteiger partial charge in [-0.2, -0.15) is 4.91 Å². The van der Waals surface area contributed by atoms with Crippen molar-refractivity contribution in [2.45, 2.75) is 67.2 Å². The Morgan fingerprint density at radius 1 is 1.12 bits per heavy atom. The van der Waals surface area contributed by atoms with Crippen LogP contribution in [-0.4, -0.2) is 12.8 Å². The highest BCUT2D eigenvalue weighted by molar-refractivity contribution is 5.80. The van der Waals surface area contributed by atoms with Crippen molar-refractivity contribution in [3.63, 3.8) is 0 Å². The third kappa shape index (κ3) is 25.5. The molecule has 3 nitrogen and oxygen atoms in total. The van der Waals surface area contributed by atoms with Crippen LogP contribution in [0.5, 0.6) is 0 Å². The lowest BCUT2D eigenvalue weighted by Gasteiger charge is -2.09. The van der Waals surface area contributed by atoms with Crippen LogP contribution in [0.25, 0.3) is 0 Å². The van der Waals surface area contributed by atoms with Gasteiger partial charge in [0.2, 0.25) is 0 Å². The van der Waals surface area contributed by atoms with Crippen LogP contribution in [0.4, 0.5) is 0 Å². The van der Waals surface area contributed by atoms with E-state index in [9.17, 15) is 4.79 Å². The van der Waals surface area contributed by atoms with E-state index in [1.54, 1.807) is 0 Å². The minimum atomic E-state index is 0.343. The van der Waals surface area contributed by atoms with Crippen molar-refractivity contribution in [3.05, 3.63) is 4.91 Å². The standard InChI is InChI=1S/C9H18O.C4H10.CH3NO/c1-4-7-8(5-2)9(10)6-3;1-4(2)3;1-2-3/h8H,4-7H2,1-3H3;4H,1-3H3;1H3. The summed E-state index contributed by atoms with van der Waals surface area (Å²) in [7, 11) is 1.19. The molecule has 0 spiro atoms. The van der Waals surface area contributed by atoms with Gasteiger partial charge in [-0.3, -0.25) is 4.79 Å². The molecule has 0 aliphatic carbocycles. The van der Waals surface area contributed by atoms with Crippen LogP contribution in [0, 0.1) is 16.7 Å². The Balaban J connectivity index is -0.000000232. The average molecular weight is 245 g/mol. The molecule has 0 radical (unpaired) electrons. The zero-order chi connectivity index (χ0) is 14.3. The van der Waals surface area contributed by atoms with Gasteiger partial charge in [-0.05, 0) is 18.8 Å². The second-order valence-corrected chi connectivity index (χ2v) is 4.63. The van der Waals surface area contributed by atoms with Gasteiger partial charge in [-0.1, -0.05) is 53.1 Å². The van der Waals surface area contributed by atoms with Crippen molar-refractivity contribution in [2.24, 2.45) is 17.0 Å². The average Bonchev–Trinajstić information content (AvgIpc) is 2.25. The maximum absolute atomic E-state index is 11.1. The zero-order valence-electron chi connectivity index (χ0n) is 12.7. The van der Waals surface area contributed by atoms with Crippen molar-refractivity contribution >= 4 is 5.78 Å². The molecular weight excluding hydrogens is 214 g/mol. The maximum Gasteiger partial charge on any atom is 0.135 e. The van der Waals surface area contributed by atoms with Gasteiger partial charge in [0, 0.05) is 12.3 Å². The third-order valence-corrected chi connectivity index (χ3v) is 1.93. The molecule has 0 aliphatic heterocycles. The van der Waals surface area contributed by atoms with Crippen LogP contribution in [0.2, 0.25) is 0 Å². The van der Waals surface area contributed by atoms with Crippen LogP contribution >= 0.6 is 0 Å². The molecule has 0 aliphatic rings. The van der Waals surface area contributed by atoms with E-state index in [2.05, 4.69) is 39.8 Å². The summed E-state index contributed by atoms with van der Waals surface area (Å²) in [4.78, 5) is 19.7. The van der Waals surface area contributed by atoms with Gasteiger partial charge in [0.05, 0.1) is 7.05 Å². The van der Waals surface area contributed by atoms with Crippen LogP contribution in [0.1, 0.15) is 67.2 Å². The number of nitrogens with zero attached hydrogens (tertiary/aromatic N) is 1. The molecule has 104 valence electrons. The SMILES string of the molecule is CC(C)C.CCCC(CC)C(=O)CC.CN=O. The predicted octanol–water partition coefficient (Wildman–Crippen LogP) is 4.84. The second-order valence-electron chi connectivity index (χ2n) is 4.63. The fourth-order valence-corrected chi connectivity index (χ4v) is 1.23. The Labute approximate surface area is 107 Å². The lowest BCUT2D eigenvalue weighted by atomic mass is 9.94. The highest BCUT2D eigenvalue weighted by Crippen LogP contribution is 2.13. The topological polar surface area (TPSA) is 46.5 Å². The summed E-state index contributed by atoms with van der Waals surface area (Å²) in [6.45, 7) is 12.7. The number of ketones is 1. The molecule has 0 saturated carbocycles. The van der Waals surface area contributed by atoms with E-state index < -0.39 is 0 Å². The first-order chi connectivity index (χ1) is 7.90. The molecule has 0 heterocycles. The third-order valence-electron chi connectivity index (χ3n) is 1.93. The molecule has 0 amide bonds. The number of hydrogen-bond donors (Lipinski definition) is 0. The first kappa shape index (κ1) is 21.5. The minimum Gasteiger partial charge on any atom is -0.299 e. The molecule has 0 N–H and O–H groups in total. The quantitative estimate of drug-likeness (QED) is 0.651. The van der Waals surface area contributed by atoms with Gasteiger partial charge in [-0.15, -0.1) is 0 Å². The number of hydrogen-bond acceptors (Lipinski definition) is 3. The molecule has 1 atom stereocenters. The maximum atomic E-state index is 11.1. The van der Waals surface area contributed by atoms with Crippen molar-refractivity contribution in [3.8, 4) is 0 Å². The van der Waals surface area contributed by atoms with Crippen molar-refractivity contribution in [1.82, 2.24) is 0 Å². The largest absolute Gasteiger partial charge is 0.299 e. The highest BCUT2D eigenvalue weighted by Gasteiger charge is 2.11. The van der Waals surface area contributed by atoms with Crippen LogP contribution in [0.3, 0.4) is 0 Å². The molecule has 0 aromatic carbocycles. The van der Waals surface area contributed by atoms with Gasteiger partial charge < -0.3 is 0 Å². The Morgan fingerprint density at radius 3 is 1.65 bits per heavy atom. The van der Waals surface area contributed by atoms with E-state index in [0.29, 0.717) is 18.1 Å². The summed E-state index contributed by atoms with van der Waals surface area (Å²) in [6, 6.07) is 0. The van der Waals surface area contributed by atoms with Crippen molar-refractivity contribution in [2.75, 3.05) is 7.05 Å². The Morgan fingerprint density at radius 2 is 1.47 bits per heavy atom. The molecule has 0 fully saturated rings. The summed E-state index contributed by atoms with van der Waals surface area (Å²) in [6.07, 6.45) is 3.92. The van der Waals surface area contributed by atoms with Gasteiger partial charge in [0.1, 0.15) is 5.78 Å². The number of carbonyl (C=O) groups excluding carboxylic acids is 1. The molecule has 1 unspecified atom stereocenters. The van der Waals surface area contributed by atoms with Gasteiger partial charge in [0.25, 0.3) is 0 Å². The molecule has 0 saturated heterocycles. The lowest BCUT2D eigenvalue weighted by molar-refractivity contribution is -0.122. The number of carbonyl (C=O) groups is 1. The molecule has 0 aromatic rings. The monoisotopic (exact) mass is 245 g/mol. The molecular formula is C14H31NO2. The van der Waals surface area contributed by atoms with Crippen LogP contribution in [-0.2, 0) is 4.79 Å². The Hall–Kier alpha value is -0.730. The fourth-order valence-electron chi connectivity index (χ4n) is 1.23. The summed E-state index contributed by atoms with van der Waals surface area (Å²) < 4.78 is 0. The number of nitroso groups, excluding NO2 is 1. The summed E-state index contributed by atoms with van der Waals surface area (Å²) in [5, 5.41) is 2.25. The van der Waals surface area contributed by atoms with Crippen LogP contribution in [0.15, 0.2) is 5.18 Å². The highest BCUT2D eigenvalue weighted by atomic mass is 16.2. The van der Waals surface area contributed by atoms with Gasteiger partial charge >= 0.3 is 0 Å². The summed E-state index contributed by atoms with van der Waals surface area (Å²) in [5.41, 5.74) is 0. The molecule has 3 heteroatoms. The first-order valence-corrected chi connectivity index (χ1v) is 6.65. The zero-order valence-corrected chi connectivity index (χ0v) is 12.7. The fraction of sp³-hybridized carbons (Fsp3) is 0.929. The molecule has 0 aromatic heterocycles. The summed E-state index contributed by atoms with van der Waals surface area (Å²) in [5.74, 6) is 1.61. The Bertz CT molecular complexity index is 165. The van der Waals surface area contributed by atoms with E-state index >= 15 is 0 Å². The molecule has 0 bridgehead atoms. The van der Waals surface area contributed by atoms with Crippen molar-refractivity contribution < 1.29 is 4.79 Å². The van der Waals surface area contributed by atoms with Gasteiger partial charge in [-0.25, -0.2) is 0 Å². The van der Waals surface area contributed by atoms with E-state index in [0.717, 1.165) is 25.2 Å². The van der Waals surface area contributed by atoms with E-state index in [1.807, 2.05) is 6.92 Å². The van der Waals surface area contributed by atoms with E-state index in [-0.39, 0.29) is 0 Å². The minimum absolute atomic E-state index is 0.343. The molecule has 17 heavy (non-hydrogen) atoms. The van der Waals surface area contributed by atoms with Crippen molar-refractivity contribution in [1.29, 1.82) is 0 Å². The smallest absolute Gasteiger partial charge is 0.135 e. The van der Waals surface area contributed by atoms with E-state index in [1.165, 1.54) is 7.05 Å². The normalized spacial score (nSPS) is 10.6. The lowest BCUT2D eigenvalue weighted by Crippen LogP contribution is -2.11. The molecule has 0 rings (SSSR count). The van der Waals surface area contributed by atoms with Crippen LogP contribution < -0.4 is 0 Å². The predicted molar refractivity (Wildman–Crippen MR) is 76.2 cm³/mol.